The lowest BCUT2D eigenvalue weighted by atomic mass is 10.1. The number of carbonyl (C=O) groups excluding carboxylic acids is 1. The Bertz CT molecular complexity index is 388. The van der Waals surface area contributed by atoms with Gasteiger partial charge < -0.3 is 5.11 Å². The predicted molar refractivity (Wildman–Crippen MR) is 50.4 cm³/mol. The van der Waals surface area contributed by atoms with Crippen molar-refractivity contribution in [2.24, 2.45) is 0 Å². The molecule has 0 aliphatic heterocycles. The zero-order valence-corrected chi connectivity index (χ0v) is 7.46. The summed E-state index contributed by atoms with van der Waals surface area (Å²) in [5.74, 6) is 4.53. The van der Waals surface area contributed by atoms with Crippen LogP contribution in [0, 0.1) is 17.7 Å². The van der Waals surface area contributed by atoms with E-state index in [-0.39, 0.29) is 17.7 Å². The topological polar surface area (TPSA) is 37.3 Å². The van der Waals surface area contributed by atoms with E-state index in [0.717, 1.165) is 0 Å². The van der Waals surface area contributed by atoms with Crippen LogP contribution < -0.4 is 0 Å². The summed E-state index contributed by atoms with van der Waals surface area (Å²) >= 11 is 0. The fraction of sp³-hybridized carbons (Fsp3) is 0.182. The average molecular weight is 192 g/mol. The minimum Gasteiger partial charge on any atom is -0.395 e. The Morgan fingerprint density at radius 3 is 2.93 bits per heavy atom. The minimum atomic E-state index is -0.604. The standard InChI is InChI=1S/C11H9FO2/c12-11-9(4-1-2-7-13)5-3-6-10(11)8-14/h3,5-6,8,13H,2,7H2. The monoisotopic (exact) mass is 192 g/mol. The molecule has 2 nitrogen and oxygen atoms in total. The molecule has 0 saturated carbocycles. The van der Waals surface area contributed by atoms with E-state index >= 15 is 0 Å². The molecule has 14 heavy (non-hydrogen) atoms. The molecule has 0 aromatic heterocycles. The Hall–Kier alpha value is -1.66. The molecule has 1 aromatic rings. The number of halogens is 1. The van der Waals surface area contributed by atoms with E-state index in [9.17, 15) is 9.18 Å². The van der Waals surface area contributed by atoms with Crippen LogP contribution in [0.5, 0.6) is 0 Å². The van der Waals surface area contributed by atoms with Gasteiger partial charge in [-0.2, -0.15) is 0 Å². The van der Waals surface area contributed by atoms with E-state index in [2.05, 4.69) is 11.8 Å². The van der Waals surface area contributed by atoms with Crippen LogP contribution in [0.1, 0.15) is 22.3 Å². The van der Waals surface area contributed by atoms with Crippen molar-refractivity contribution in [3.63, 3.8) is 0 Å². The molecule has 1 rings (SSSR count). The summed E-state index contributed by atoms with van der Waals surface area (Å²) < 4.78 is 13.3. The Morgan fingerprint density at radius 2 is 2.29 bits per heavy atom. The Balaban J connectivity index is 2.99. The summed E-state index contributed by atoms with van der Waals surface area (Å²) in [5, 5.41) is 8.46. The van der Waals surface area contributed by atoms with Gasteiger partial charge in [0, 0.05) is 6.42 Å². The molecule has 0 amide bonds. The molecular formula is C11H9FO2. The zero-order chi connectivity index (χ0) is 10.4. The van der Waals surface area contributed by atoms with Crippen molar-refractivity contribution in [1.82, 2.24) is 0 Å². The maximum absolute atomic E-state index is 13.3. The molecule has 0 bridgehead atoms. The SMILES string of the molecule is O=Cc1cccc(C#CCCO)c1F. The number of benzene rings is 1. The van der Waals surface area contributed by atoms with Crippen LogP contribution in [0.15, 0.2) is 18.2 Å². The number of aliphatic hydroxyl groups is 1. The van der Waals surface area contributed by atoms with E-state index in [1.54, 1.807) is 6.07 Å². The lowest BCUT2D eigenvalue weighted by Crippen LogP contribution is -1.91. The molecule has 72 valence electrons. The summed E-state index contributed by atoms with van der Waals surface area (Å²) in [6.07, 6.45) is 0.747. The summed E-state index contributed by atoms with van der Waals surface area (Å²) in [5.41, 5.74) is 0.184. The summed E-state index contributed by atoms with van der Waals surface area (Å²) in [4.78, 5) is 10.4. The van der Waals surface area contributed by atoms with Crippen LogP contribution in [0.25, 0.3) is 0 Å². The smallest absolute Gasteiger partial charge is 0.153 e. The van der Waals surface area contributed by atoms with Crippen LogP contribution in [0.2, 0.25) is 0 Å². The van der Waals surface area contributed by atoms with E-state index < -0.39 is 5.82 Å². The van der Waals surface area contributed by atoms with Gasteiger partial charge in [0.05, 0.1) is 17.7 Å². The maximum Gasteiger partial charge on any atom is 0.153 e. The van der Waals surface area contributed by atoms with Crippen molar-refractivity contribution in [2.75, 3.05) is 6.61 Å². The van der Waals surface area contributed by atoms with Crippen molar-refractivity contribution in [3.8, 4) is 11.8 Å². The molecule has 0 aliphatic rings. The number of rotatable bonds is 2. The minimum absolute atomic E-state index is 0.000739. The van der Waals surface area contributed by atoms with Gasteiger partial charge in [-0.15, -0.1) is 0 Å². The molecule has 0 heterocycles. The number of hydrogen-bond acceptors (Lipinski definition) is 2. The van der Waals surface area contributed by atoms with Crippen LogP contribution in [-0.2, 0) is 0 Å². The van der Waals surface area contributed by atoms with E-state index in [1.165, 1.54) is 12.1 Å². The van der Waals surface area contributed by atoms with Gasteiger partial charge in [0.25, 0.3) is 0 Å². The largest absolute Gasteiger partial charge is 0.395 e. The molecule has 3 heteroatoms. The lowest BCUT2D eigenvalue weighted by molar-refractivity contribution is 0.111. The third-order valence-electron chi connectivity index (χ3n) is 1.62. The Kier molecular flexibility index (Phi) is 3.84. The summed E-state index contributed by atoms with van der Waals surface area (Å²) in [6, 6.07) is 4.45. The first kappa shape index (κ1) is 10.4. The van der Waals surface area contributed by atoms with Gasteiger partial charge >= 0.3 is 0 Å². The van der Waals surface area contributed by atoms with E-state index in [1.807, 2.05) is 0 Å². The molecule has 1 aromatic carbocycles. The highest BCUT2D eigenvalue weighted by Gasteiger charge is 2.03. The van der Waals surface area contributed by atoms with Gasteiger partial charge in [0.1, 0.15) is 5.82 Å². The number of hydrogen-bond donors (Lipinski definition) is 1. The van der Waals surface area contributed by atoms with Gasteiger partial charge in [0.2, 0.25) is 0 Å². The van der Waals surface area contributed by atoms with Gasteiger partial charge in [-0.1, -0.05) is 17.9 Å². The van der Waals surface area contributed by atoms with Gasteiger partial charge in [0.15, 0.2) is 6.29 Å². The van der Waals surface area contributed by atoms with Crippen molar-refractivity contribution in [3.05, 3.63) is 35.1 Å². The molecule has 0 atom stereocenters. The fourth-order valence-corrected chi connectivity index (χ4v) is 0.951. The lowest BCUT2D eigenvalue weighted by Gasteiger charge is -1.96. The van der Waals surface area contributed by atoms with E-state index in [0.29, 0.717) is 12.7 Å². The Labute approximate surface area is 81.4 Å². The van der Waals surface area contributed by atoms with Crippen molar-refractivity contribution in [2.45, 2.75) is 6.42 Å². The molecule has 0 spiro atoms. The molecule has 0 fully saturated rings. The van der Waals surface area contributed by atoms with E-state index in [4.69, 9.17) is 5.11 Å². The molecule has 1 N–H and O–H groups in total. The quantitative estimate of drug-likeness (QED) is 0.567. The third-order valence-corrected chi connectivity index (χ3v) is 1.62. The van der Waals surface area contributed by atoms with Crippen LogP contribution in [-0.4, -0.2) is 18.0 Å². The predicted octanol–water partition coefficient (Wildman–Crippen LogP) is 1.37. The number of aldehydes is 1. The van der Waals surface area contributed by atoms with Gasteiger partial charge in [-0.3, -0.25) is 4.79 Å². The normalized spacial score (nSPS) is 9.00. The second kappa shape index (κ2) is 5.15. The maximum atomic E-state index is 13.3. The molecule has 0 aliphatic carbocycles. The summed E-state index contributed by atoms with van der Waals surface area (Å²) in [6.45, 7) is -0.0536. The number of carbonyl (C=O) groups is 1. The second-order valence-electron chi connectivity index (χ2n) is 2.60. The summed E-state index contributed by atoms with van der Waals surface area (Å²) in [7, 11) is 0. The third kappa shape index (κ3) is 2.41. The van der Waals surface area contributed by atoms with Gasteiger partial charge in [-0.05, 0) is 12.1 Å². The number of aliphatic hydroxyl groups excluding tert-OH is 1. The molecule has 0 saturated heterocycles. The van der Waals surface area contributed by atoms with Crippen LogP contribution in [0.4, 0.5) is 4.39 Å². The van der Waals surface area contributed by atoms with Crippen molar-refractivity contribution < 1.29 is 14.3 Å². The highest BCUT2D eigenvalue weighted by atomic mass is 19.1. The average Bonchev–Trinajstić information content (AvgIpc) is 2.21. The molecule has 0 radical (unpaired) electrons. The molecule has 0 unspecified atom stereocenters. The van der Waals surface area contributed by atoms with Crippen LogP contribution in [0.3, 0.4) is 0 Å². The van der Waals surface area contributed by atoms with Crippen molar-refractivity contribution in [1.29, 1.82) is 0 Å². The first-order chi connectivity index (χ1) is 6.79. The first-order valence-corrected chi connectivity index (χ1v) is 4.13. The van der Waals surface area contributed by atoms with Gasteiger partial charge in [-0.25, -0.2) is 4.39 Å². The fourth-order valence-electron chi connectivity index (χ4n) is 0.951. The zero-order valence-electron chi connectivity index (χ0n) is 7.46. The molecular weight excluding hydrogens is 183 g/mol. The van der Waals surface area contributed by atoms with Crippen LogP contribution >= 0.6 is 0 Å². The second-order valence-corrected chi connectivity index (χ2v) is 2.60. The highest BCUT2D eigenvalue weighted by Crippen LogP contribution is 2.09. The highest BCUT2D eigenvalue weighted by molar-refractivity contribution is 5.76. The first-order valence-electron chi connectivity index (χ1n) is 4.13. The Morgan fingerprint density at radius 1 is 1.50 bits per heavy atom. The van der Waals surface area contributed by atoms with Crippen molar-refractivity contribution >= 4 is 6.29 Å².